The van der Waals surface area contributed by atoms with Crippen molar-refractivity contribution in [2.45, 2.75) is 6.92 Å². The summed E-state index contributed by atoms with van der Waals surface area (Å²) in [7, 11) is 0. The summed E-state index contributed by atoms with van der Waals surface area (Å²) in [5.74, 6) is 0.877. The van der Waals surface area contributed by atoms with Gasteiger partial charge in [0, 0.05) is 17.3 Å². The lowest BCUT2D eigenvalue weighted by molar-refractivity contribution is 1.30. The zero-order valence-corrected chi connectivity index (χ0v) is 12.2. The third kappa shape index (κ3) is 2.17. The Hall–Kier alpha value is -2.94. The van der Waals surface area contributed by atoms with E-state index in [0.717, 1.165) is 33.7 Å². The van der Waals surface area contributed by atoms with E-state index in [4.69, 9.17) is 4.98 Å². The highest BCUT2D eigenvalue weighted by molar-refractivity contribution is 5.85. The zero-order valence-electron chi connectivity index (χ0n) is 12.2. The van der Waals surface area contributed by atoms with Gasteiger partial charge < -0.3 is 4.98 Å². The third-order valence-corrected chi connectivity index (χ3v) is 3.76. The molecule has 0 fully saturated rings. The molecule has 1 N–H and O–H groups in total. The van der Waals surface area contributed by atoms with Crippen LogP contribution < -0.4 is 0 Å². The van der Waals surface area contributed by atoms with Crippen LogP contribution in [0.5, 0.6) is 0 Å². The van der Waals surface area contributed by atoms with Crippen LogP contribution in [0.25, 0.3) is 33.7 Å². The summed E-state index contributed by atoms with van der Waals surface area (Å²) in [6, 6.07) is 20.4. The van der Waals surface area contributed by atoms with E-state index < -0.39 is 0 Å². The van der Waals surface area contributed by atoms with E-state index in [2.05, 4.69) is 41.2 Å². The summed E-state index contributed by atoms with van der Waals surface area (Å²) in [5, 5.41) is 0. The average molecular weight is 285 g/mol. The van der Waals surface area contributed by atoms with Gasteiger partial charge in [0.05, 0.1) is 16.7 Å². The van der Waals surface area contributed by atoms with Gasteiger partial charge in [-0.15, -0.1) is 0 Å². The molecule has 0 atom stereocenters. The Morgan fingerprint density at radius 3 is 2.50 bits per heavy atom. The highest BCUT2D eigenvalue weighted by Gasteiger charge is 2.11. The van der Waals surface area contributed by atoms with E-state index in [0.29, 0.717) is 0 Å². The third-order valence-electron chi connectivity index (χ3n) is 3.76. The Labute approximate surface area is 128 Å². The van der Waals surface area contributed by atoms with Crippen molar-refractivity contribution in [1.82, 2.24) is 15.0 Å². The largest absolute Gasteiger partial charge is 0.338 e. The van der Waals surface area contributed by atoms with Crippen LogP contribution in [-0.4, -0.2) is 15.0 Å². The number of imidazole rings is 1. The minimum atomic E-state index is 0.877. The summed E-state index contributed by atoms with van der Waals surface area (Å²) in [6.45, 7) is 2.09. The van der Waals surface area contributed by atoms with Crippen molar-refractivity contribution in [3.8, 4) is 22.6 Å². The molecule has 0 aliphatic rings. The molecular formula is C19H15N3. The van der Waals surface area contributed by atoms with Crippen LogP contribution in [-0.2, 0) is 0 Å². The summed E-state index contributed by atoms with van der Waals surface area (Å²) in [5.41, 5.74) is 6.37. The Balaban J connectivity index is 1.92. The van der Waals surface area contributed by atoms with Gasteiger partial charge >= 0.3 is 0 Å². The molecule has 2 aromatic carbocycles. The molecule has 3 nitrogen and oxygen atoms in total. The van der Waals surface area contributed by atoms with E-state index >= 15 is 0 Å². The number of rotatable bonds is 2. The molecule has 0 unspecified atom stereocenters. The van der Waals surface area contributed by atoms with Crippen molar-refractivity contribution in [3.63, 3.8) is 0 Å². The van der Waals surface area contributed by atoms with Crippen molar-refractivity contribution in [3.05, 3.63) is 72.4 Å². The van der Waals surface area contributed by atoms with Crippen LogP contribution in [0.4, 0.5) is 0 Å². The van der Waals surface area contributed by atoms with Crippen molar-refractivity contribution in [2.75, 3.05) is 0 Å². The van der Waals surface area contributed by atoms with Gasteiger partial charge in [-0.3, -0.25) is 4.98 Å². The molecule has 2 heterocycles. The van der Waals surface area contributed by atoms with Gasteiger partial charge in [0.2, 0.25) is 0 Å². The first-order valence-corrected chi connectivity index (χ1v) is 7.28. The molecule has 22 heavy (non-hydrogen) atoms. The Morgan fingerprint density at radius 1 is 0.864 bits per heavy atom. The molecule has 2 aromatic heterocycles. The maximum atomic E-state index is 4.73. The fourth-order valence-corrected chi connectivity index (χ4v) is 2.69. The number of nitrogens with one attached hydrogen (secondary N) is 1. The Kier molecular flexibility index (Phi) is 2.97. The number of aryl methyl sites for hydroxylation is 1. The van der Waals surface area contributed by atoms with Gasteiger partial charge in [-0.05, 0) is 36.8 Å². The number of fused-ring (bicyclic) bond motifs is 1. The number of nitrogens with zero attached hydrogens (tertiary/aromatic N) is 2. The zero-order chi connectivity index (χ0) is 14.9. The van der Waals surface area contributed by atoms with Gasteiger partial charge in [0.25, 0.3) is 0 Å². The van der Waals surface area contributed by atoms with Crippen molar-refractivity contribution in [2.24, 2.45) is 0 Å². The molecule has 0 bridgehead atoms. The fraction of sp³-hybridized carbons (Fsp3) is 0.0526. The van der Waals surface area contributed by atoms with Crippen LogP contribution in [0.3, 0.4) is 0 Å². The van der Waals surface area contributed by atoms with Crippen molar-refractivity contribution < 1.29 is 0 Å². The molecule has 0 aliphatic heterocycles. The van der Waals surface area contributed by atoms with Crippen molar-refractivity contribution in [1.29, 1.82) is 0 Å². The highest BCUT2D eigenvalue weighted by Crippen LogP contribution is 2.30. The molecule has 0 saturated carbocycles. The molecule has 4 rings (SSSR count). The standard InChI is InChI=1S/C19H15N3/c1-13-9-10-17-18(12-13)22-19(21-17)15-7-3-2-6-14(15)16-8-4-5-11-20-16/h2-12H,1H3,(H,21,22). The number of pyridine rings is 1. The quantitative estimate of drug-likeness (QED) is 0.584. The second-order valence-corrected chi connectivity index (χ2v) is 5.37. The summed E-state index contributed by atoms with van der Waals surface area (Å²) in [4.78, 5) is 12.6. The topological polar surface area (TPSA) is 41.6 Å². The SMILES string of the molecule is Cc1ccc2nc(-c3ccccc3-c3ccccn3)[nH]c2c1. The van der Waals surface area contributed by atoms with E-state index in [1.807, 2.05) is 42.6 Å². The average Bonchev–Trinajstić information content (AvgIpc) is 2.98. The van der Waals surface area contributed by atoms with Gasteiger partial charge in [-0.1, -0.05) is 36.4 Å². The number of H-pyrrole nitrogens is 1. The van der Waals surface area contributed by atoms with Crippen molar-refractivity contribution >= 4 is 11.0 Å². The van der Waals surface area contributed by atoms with Crippen LogP contribution in [0.15, 0.2) is 66.9 Å². The molecule has 0 saturated heterocycles. The molecule has 4 aromatic rings. The van der Waals surface area contributed by atoms with Crippen LogP contribution in [0.1, 0.15) is 5.56 Å². The molecule has 3 heteroatoms. The highest BCUT2D eigenvalue weighted by atomic mass is 14.9. The monoisotopic (exact) mass is 285 g/mol. The minimum absolute atomic E-state index is 0.877. The first-order valence-electron chi connectivity index (χ1n) is 7.28. The lowest BCUT2D eigenvalue weighted by atomic mass is 10.0. The van der Waals surface area contributed by atoms with E-state index in [1.165, 1.54) is 5.56 Å². The van der Waals surface area contributed by atoms with E-state index in [1.54, 1.807) is 0 Å². The smallest absolute Gasteiger partial charge is 0.139 e. The van der Waals surface area contributed by atoms with Gasteiger partial charge in [-0.25, -0.2) is 4.98 Å². The predicted molar refractivity (Wildman–Crippen MR) is 89.5 cm³/mol. The van der Waals surface area contributed by atoms with Gasteiger partial charge in [0.15, 0.2) is 0 Å². The van der Waals surface area contributed by atoms with Crippen LogP contribution in [0.2, 0.25) is 0 Å². The van der Waals surface area contributed by atoms with Gasteiger partial charge in [-0.2, -0.15) is 0 Å². The van der Waals surface area contributed by atoms with Crippen LogP contribution in [0, 0.1) is 6.92 Å². The number of hydrogen-bond acceptors (Lipinski definition) is 2. The first kappa shape index (κ1) is 12.8. The number of aromatic amines is 1. The molecule has 0 amide bonds. The number of benzene rings is 2. The molecule has 0 aliphatic carbocycles. The summed E-state index contributed by atoms with van der Waals surface area (Å²) < 4.78 is 0. The van der Waals surface area contributed by atoms with E-state index in [9.17, 15) is 0 Å². The Morgan fingerprint density at radius 2 is 1.68 bits per heavy atom. The number of hydrogen-bond donors (Lipinski definition) is 1. The maximum absolute atomic E-state index is 4.73. The lowest BCUT2D eigenvalue weighted by Gasteiger charge is -2.06. The van der Waals surface area contributed by atoms with Crippen LogP contribution >= 0.6 is 0 Å². The molecule has 0 spiro atoms. The predicted octanol–water partition coefficient (Wildman–Crippen LogP) is 4.60. The lowest BCUT2D eigenvalue weighted by Crippen LogP contribution is -1.88. The molecule has 0 radical (unpaired) electrons. The second-order valence-electron chi connectivity index (χ2n) is 5.37. The normalized spacial score (nSPS) is 11.0. The number of aromatic nitrogens is 3. The van der Waals surface area contributed by atoms with Gasteiger partial charge in [0.1, 0.15) is 5.82 Å². The molecule has 106 valence electrons. The Bertz CT molecular complexity index is 939. The molecular weight excluding hydrogens is 270 g/mol. The summed E-state index contributed by atoms with van der Waals surface area (Å²) in [6.07, 6.45) is 1.81. The van der Waals surface area contributed by atoms with E-state index in [-0.39, 0.29) is 0 Å². The second kappa shape index (κ2) is 5.11. The first-order chi connectivity index (χ1) is 10.8. The summed E-state index contributed by atoms with van der Waals surface area (Å²) >= 11 is 0. The maximum Gasteiger partial charge on any atom is 0.139 e. The minimum Gasteiger partial charge on any atom is -0.338 e. The fourth-order valence-electron chi connectivity index (χ4n) is 2.69.